The second-order valence-corrected chi connectivity index (χ2v) is 6.60. The molecule has 28 heavy (non-hydrogen) atoms. The van der Waals surface area contributed by atoms with Crippen LogP contribution in [0.15, 0.2) is 48.5 Å². The van der Waals surface area contributed by atoms with E-state index in [9.17, 15) is 9.59 Å². The van der Waals surface area contributed by atoms with Gasteiger partial charge in [0.05, 0.1) is 20.8 Å². The molecule has 0 radical (unpaired) electrons. The van der Waals surface area contributed by atoms with E-state index in [2.05, 4.69) is 15.8 Å². The van der Waals surface area contributed by atoms with Crippen molar-refractivity contribution in [3.05, 3.63) is 59.7 Å². The number of ether oxygens (including phenoxy) is 2. The van der Waals surface area contributed by atoms with Crippen LogP contribution in [-0.2, 0) is 4.79 Å². The van der Waals surface area contributed by atoms with Crippen LogP contribution < -0.4 is 20.3 Å². The molecule has 0 unspecified atom stereocenters. The first-order chi connectivity index (χ1) is 13.6. The fourth-order valence-corrected chi connectivity index (χ4v) is 3.48. The predicted molar refractivity (Wildman–Crippen MR) is 105 cm³/mol. The molecule has 2 amide bonds. The SMILES string of the molecule is COc1ccc(OC)c([C@@H]2CCCN2CC(=O)NNC(=O)c2ccccc2)c1. The maximum Gasteiger partial charge on any atom is 0.269 e. The van der Waals surface area contributed by atoms with Crippen molar-refractivity contribution in [2.45, 2.75) is 18.9 Å². The highest BCUT2D eigenvalue weighted by atomic mass is 16.5. The van der Waals surface area contributed by atoms with Crippen LogP contribution in [0.3, 0.4) is 0 Å². The molecule has 7 nitrogen and oxygen atoms in total. The topological polar surface area (TPSA) is 79.9 Å². The number of benzene rings is 2. The molecule has 2 aromatic carbocycles. The van der Waals surface area contributed by atoms with E-state index in [1.807, 2.05) is 24.3 Å². The van der Waals surface area contributed by atoms with Gasteiger partial charge in [0.25, 0.3) is 11.8 Å². The zero-order valence-corrected chi connectivity index (χ0v) is 16.1. The normalized spacial score (nSPS) is 16.4. The van der Waals surface area contributed by atoms with Crippen molar-refractivity contribution in [1.82, 2.24) is 15.8 Å². The highest BCUT2D eigenvalue weighted by molar-refractivity contribution is 5.95. The monoisotopic (exact) mass is 383 g/mol. The third-order valence-corrected chi connectivity index (χ3v) is 4.86. The van der Waals surface area contributed by atoms with Gasteiger partial charge in [-0.2, -0.15) is 0 Å². The largest absolute Gasteiger partial charge is 0.497 e. The first-order valence-electron chi connectivity index (χ1n) is 9.22. The Bertz CT molecular complexity index is 826. The molecule has 0 saturated carbocycles. The molecular weight excluding hydrogens is 358 g/mol. The number of likely N-dealkylation sites (tertiary alicyclic amines) is 1. The van der Waals surface area contributed by atoms with Crippen LogP contribution in [0.1, 0.15) is 34.8 Å². The second-order valence-electron chi connectivity index (χ2n) is 6.60. The zero-order valence-electron chi connectivity index (χ0n) is 16.1. The Morgan fingerprint density at radius 2 is 1.86 bits per heavy atom. The van der Waals surface area contributed by atoms with Gasteiger partial charge in [0.15, 0.2) is 0 Å². The highest BCUT2D eigenvalue weighted by Gasteiger charge is 2.30. The van der Waals surface area contributed by atoms with Crippen molar-refractivity contribution in [3.63, 3.8) is 0 Å². The maximum atomic E-state index is 12.4. The molecule has 1 fully saturated rings. The van der Waals surface area contributed by atoms with Gasteiger partial charge in [-0.25, -0.2) is 0 Å². The van der Waals surface area contributed by atoms with E-state index < -0.39 is 0 Å². The Balaban J connectivity index is 1.62. The van der Waals surface area contributed by atoms with Gasteiger partial charge in [0.1, 0.15) is 11.5 Å². The number of nitrogens with one attached hydrogen (secondary N) is 2. The van der Waals surface area contributed by atoms with Gasteiger partial charge in [-0.1, -0.05) is 18.2 Å². The molecule has 3 rings (SSSR count). The van der Waals surface area contributed by atoms with Crippen LogP contribution >= 0.6 is 0 Å². The molecule has 0 spiro atoms. The lowest BCUT2D eigenvalue weighted by atomic mass is 10.0. The van der Waals surface area contributed by atoms with Crippen LogP contribution in [0.4, 0.5) is 0 Å². The second kappa shape index (κ2) is 9.23. The molecule has 0 aliphatic carbocycles. The van der Waals surface area contributed by atoms with Gasteiger partial charge in [0, 0.05) is 17.2 Å². The number of carbonyl (C=O) groups excluding carboxylic acids is 2. The molecule has 7 heteroatoms. The minimum Gasteiger partial charge on any atom is -0.497 e. The summed E-state index contributed by atoms with van der Waals surface area (Å²) in [7, 11) is 3.26. The van der Waals surface area contributed by atoms with Crippen molar-refractivity contribution < 1.29 is 19.1 Å². The molecule has 0 aromatic heterocycles. The highest BCUT2D eigenvalue weighted by Crippen LogP contribution is 2.38. The summed E-state index contributed by atoms with van der Waals surface area (Å²) in [6, 6.07) is 14.5. The van der Waals surface area contributed by atoms with Crippen LogP contribution in [-0.4, -0.2) is 44.0 Å². The minimum absolute atomic E-state index is 0.0561. The summed E-state index contributed by atoms with van der Waals surface area (Å²) in [6.45, 7) is 0.977. The van der Waals surface area contributed by atoms with E-state index in [1.54, 1.807) is 38.5 Å². The Labute approximate surface area is 164 Å². The van der Waals surface area contributed by atoms with Gasteiger partial charge < -0.3 is 9.47 Å². The minimum atomic E-state index is -0.346. The molecule has 0 bridgehead atoms. The summed E-state index contributed by atoms with van der Waals surface area (Å²) >= 11 is 0. The van der Waals surface area contributed by atoms with E-state index >= 15 is 0 Å². The van der Waals surface area contributed by atoms with E-state index in [1.165, 1.54) is 0 Å². The molecule has 148 valence electrons. The summed E-state index contributed by atoms with van der Waals surface area (Å²) in [4.78, 5) is 26.5. The summed E-state index contributed by atoms with van der Waals surface area (Å²) < 4.78 is 10.8. The van der Waals surface area contributed by atoms with Gasteiger partial charge >= 0.3 is 0 Å². The molecule has 1 atom stereocenters. The fourth-order valence-electron chi connectivity index (χ4n) is 3.48. The third-order valence-electron chi connectivity index (χ3n) is 4.86. The average Bonchev–Trinajstić information content (AvgIpc) is 3.19. The Hall–Kier alpha value is -3.06. The van der Waals surface area contributed by atoms with E-state index in [0.717, 1.165) is 36.4 Å². The quantitative estimate of drug-likeness (QED) is 0.749. The zero-order chi connectivity index (χ0) is 19.9. The molecule has 2 aromatic rings. The number of carbonyl (C=O) groups is 2. The van der Waals surface area contributed by atoms with Gasteiger partial charge in [-0.3, -0.25) is 25.3 Å². The number of hydrazine groups is 1. The number of hydrogen-bond donors (Lipinski definition) is 2. The predicted octanol–water partition coefficient (Wildman–Crippen LogP) is 2.30. The van der Waals surface area contributed by atoms with Crippen molar-refractivity contribution >= 4 is 11.8 Å². The molecule has 1 saturated heterocycles. The maximum absolute atomic E-state index is 12.4. The van der Waals surface area contributed by atoms with E-state index in [4.69, 9.17) is 9.47 Å². The van der Waals surface area contributed by atoms with E-state index in [-0.39, 0.29) is 24.4 Å². The van der Waals surface area contributed by atoms with Crippen LogP contribution in [0.25, 0.3) is 0 Å². The first-order valence-corrected chi connectivity index (χ1v) is 9.22. The first kappa shape index (κ1) is 19.7. The standard InChI is InChI=1S/C21H25N3O4/c1-27-16-10-11-19(28-2)17(13-16)18-9-6-12-24(18)14-20(25)22-23-21(26)15-7-4-3-5-8-15/h3-5,7-8,10-11,13,18H,6,9,12,14H2,1-2H3,(H,22,25)(H,23,26)/t18-/m0/s1. The molecule has 1 aliphatic rings. The van der Waals surface area contributed by atoms with Gasteiger partial charge in [0.2, 0.25) is 0 Å². The molecule has 1 heterocycles. The summed E-state index contributed by atoms with van der Waals surface area (Å²) in [6.07, 6.45) is 1.90. The third kappa shape index (κ3) is 4.61. The Kier molecular flexibility index (Phi) is 6.49. The number of rotatable bonds is 6. The van der Waals surface area contributed by atoms with Crippen LogP contribution in [0, 0.1) is 0 Å². The van der Waals surface area contributed by atoms with Crippen LogP contribution in [0.2, 0.25) is 0 Å². The van der Waals surface area contributed by atoms with Gasteiger partial charge in [-0.05, 0) is 49.7 Å². The Morgan fingerprint density at radius 1 is 1.07 bits per heavy atom. The van der Waals surface area contributed by atoms with E-state index in [0.29, 0.717) is 5.56 Å². The number of amides is 2. The lowest BCUT2D eigenvalue weighted by Crippen LogP contribution is -2.46. The van der Waals surface area contributed by atoms with Gasteiger partial charge in [-0.15, -0.1) is 0 Å². The number of nitrogens with zero attached hydrogens (tertiary/aromatic N) is 1. The van der Waals surface area contributed by atoms with Crippen molar-refractivity contribution in [2.24, 2.45) is 0 Å². The summed E-state index contributed by atoms with van der Waals surface area (Å²) in [5.74, 6) is 0.914. The molecular formula is C21H25N3O4. The van der Waals surface area contributed by atoms with Crippen molar-refractivity contribution in [2.75, 3.05) is 27.3 Å². The molecule has 1 aliphatic heterocycles. The van der Waals surface area contributed by atoms with Crippen molar-refractivity contribution in [1.29, 1.82) is 0 Å². The smallest absolute Gasteiger partial charge is 0.269 e. The fraction of sp³-hybridized carbons (Fsp3) is 0.333. The van der Waals surface area contributed by atoms with Crippen molar-refractivity contribution in [3.8, 4) is 11.5 Å². The lowest BCUT2D eigenvalue weighted by Gasteiger charge is -2.26. The summed E-state index contributed by atoms with van der Waals surface area (Å²) in [5, 5.41) is 0. The molecule has 2 N–H and O–H groups in total. The average molecular weight is 383 g/mol. The summed E-state index contributed by atoms with van der Waals surface area (Å²) in [5.41, 5.74) is 6.44. The number of hydrogen-bond acceptors (Lipinski definition) is 5. The Morgan fingerprint density at radius 3 is 2.57 bits per heavy atom. The lowest BCUT2D eigenvalue weighted by molar-refractivity contribution is -0.123. The number of methoxy groups -OCH3 is 2. The van der Waals surface area contributed by atoms with Crippen LogP contribution in [0.5, 0.6) is 11.5 Å².